The van der Waals surface area contributed by atoms with E-state index in [-0.39, 0.29) is 0 Å². The minimum absolute atomic E-state index is 0.348. The standard InChI is InChI=1S/C6H11N5S/c7-3-1-2-4-12-6-9-5(8)10-11-6/h1-2H,3-4,7H2,(H3,8,9,10,11)/b2-1+. The molecule has 66 valence electrons. The van der Waals surface area contributed by atoms with Gasteiger partial charge in [-0.25, -0.2) is 5.10 Å². The molecule has 0 saturated heterocycles. The number of thioether (sulfide) groups is 1. The molecule has 0 saturated carbocycles. The van der Waals surface area contributed by atoms with Gasteiger partial charge in [0.1, 0.15) is 0 Å². The molecule has 1 aromatic rings. The van der Waals surface area contributed by atoms with Gasteiger partial charge in [-0.1, -0.05) is 23.9 Å². The molecule has 0 aliphatic rings. The van der Waals surface area contributed by atoms with E-state index in [1.54, 1.807) is 0 Å². The van der Waals surface area contributed by atoms with E-state index in [1.807, 2.05) is 12.2 Å². The maximum Gasteiger partial charge on any atom is 0.216 e. The van der Waals surface area contributed by atoms with Crippen LogP contribution in [0.3, 0.4) is 0 Å². The normalized spacial score (nSPS) is 11.1. The lowest BCUT2D eigenvalue weighted by atomic mass is 10.5. The Bertz CT molecular complexity index is 256. The number of rotatable bonds is 4. The Hall–Kier alpha value is -1.01. The number of nitrogens with two attached hydrogens (primary N) is 2. The average molecular weight is 185 g/mol. The van der Waals surface area contributed by atoms with E-state index in [0.717, 1.165) is 5.75 Å². The van der Waals surface area contributed by atoms with Crippen LogP contribution in [0.1, 0.15) is 0 Å². The zero-order valence-corrected chi connectivity index (χ0v) is 7.34. The SMILES string of the molecule is NC/C=C/CSc1n[nH]c(N)n1. The minimum atomic E-state index is 0.348. The summed E-state index contributed by atoms with van der Waals surface area (Å²) in [4.78, 5) is 3.92. The molecule has 0 aliphatic heterocycles. The van der Waals surface area contributed by atoms with Crippen LogP contribution in [0.15, 0.2) is 17.3 Å². The summed E-state index contributed by atoms with van der Waals surface area (Å²) in [7, 11) is 0. The fraction of sp³-hybridized carbons (Fsp3) is 0.333. The van der Waals surface area contributed by atoms with Crippen molar-refractivity contribution in [2.24, 2.45) is 5.73 Å². The molecule has 1 rings (SSSR count). The molecule has 5 nitrogen and oxygen atoms in total. The second-order valence-electron chi connectivity index (χ2n) is 2.02. The van der Waals surface area contributed by atoms with Crippen molar-refractivity contribution in [3.63, 3.8) is 0 Å². The second kappa shape index (κ2) is 4.78. The van der Waals surface area contributed by atoms with E-state index in [9.17, 15) is 0 Å². The van der Waals surface area contributed by atoms with Crippen LogP contribution in [0.25, 0.3) is 0 Å². The highest BCUT2D eigenvalue weighted by Gasteiger charge is 1.97. The molecule has 1 heterocycles. The predicted molar refractivity (Wildman–Crippen MR) is 49.7 cm³/mol. The number of nitrogens with one attached hydrogen (secondary N) is 1. The summed E-state index contributed by atoms with van der Waals surface area (Å²) in [6.45, 7) is 0.566. The van der Waals surface area contributed by atoms with Crippen molar-refractivity contribution in [1.82, 2.24) is 15.2 Å². The summed E-state index contributed by atoms with van der Waals surface area (Å²) < 4.78 is 0. The van der Waals surface area contributed by atoms with Crippen LogP contribution in [0, 0.1) is 0 Å². The quantitative estimate of drug-likeness (QED) is 0.453. The summed E-state index contributed by atoms with van der Waals surface area (Å²) in [5.74, 6) is 1.16. The van der Waals surface area contributed by atoms with Crippen molar-refractivity contribution < 1.29 is 0 Å². The van der Waals surface area contributed by atoms with Gasteiger partial charge in [0, 0.05) is 12.3 Å². The largest absolute Gasteiger partial charge is 0.368 e. The van der Waals surface area contributed by atoms with E-state index in [4.69, 9.17) is 11.5 Å². The van der Waals surface area contributed by atoms with Crippen LogP contribution in [0.4, 0.5) is 5.95 Å². The van der Waals surface area contributed by atoms with Gasteiger partial charge >= 0.3 is 0 Å². The fourth-order valence-corrected chi connectivity index (χ4v) is 1.26. The van der Waals surface area contributed by atoms with Crippen molar-refractivity contribution in [2.45, 2.75) is 5.16 Å². The number of hydrogen-bond donors (Lipinski definition) is 3. The number of nitrogens with zero attached hydrogens (tertiary/aromatic N) is 2. The average Bonchev–Trinajstić information content (AvgIpc) is 2.45. The van der Waals surface area contributed by atoms with Crippen molar-refractivity contribution in [3.05, 3.63) is 12.2 Å². The summed E-state index contributed by atoms with van der Waals surface area (Å²) in [6.07, 6.45) is 3.86. The number of hydrogen-bond acceptors (Lipinski definition) is 5. The topological polar surface area (TPSA) is 93.6 Å². The minimum Gasteiger partial charge on any atom is -0.368 e. The van der Waals surface area contributed by atoms with E-state index in [0.29, 0.717) is 17.6 Å². The molecular formula is C6H11N5S. The molecule has 0 fully saturated rings. The van der Waals surface area contributed by atoms with E-state index < -0.39 is 0 Å². The lowest BCUT2D eigenvalue weighted by Crippen LogP contribution is -1.92. The Kier molecular flexibility index (Phi) is 3.62. The molecule has 6 heteroatoms. The summed E-state index contributed by atoms with van der Waals surface area (Å²) in [6, 6.07) is 0. The molecule has 0 aliphatic carbocycles. The maximum absolute atomic E-state index is 5.33. The van der Waals surface area contributed by atoms with Crippen molar-refractivity contribution >= 4 is 17.7 Å². The Morgan fingerprint density at radius 2 is 2.33 bits per heavy atom. The van der Waals surface area contributed by atoms with Gasteiger partial charge in [0.25, 0.3) is 0 Å². The second-order valence-corrected chi connectivity index (χ2v) is 3.01. The predicted octanol–water partition coefficient (Wildman–Crippen LogP) is -0.00610. The smallest absolute Gasteiger partial charge is 0.216 e. The van der Waals surface area contributed by atoms with Gasteiger partial charge in [-0.3, -0.25) is 0 Å². The monoisotopic (exact) mass is 185 g/mol. The molecule has 0 radical (unpaired) electrons. The molecular weight excluding hydrogens is 174 g/mol. The Morgan fingerprint density at radius 1 is 1.50 bits per heavy atom. The van der Waals surface area contributed by atoms with Crippen LogP contribution in [-0.2, 0) is 0 Å². The molecule has 0 spiro atoms. The van der Waals surface area contributed by atoms with Gasteiger partial charge in [-0.2, -0.15) is 4.98 Å². The van der Waals surface area contributed by atoms with Crippen molar-refractivity contribution in [2.75, 3.05) is 18.0 Å². The lowest BCUT2D eigenvalue weighted by Gasteiger charge is -1.87. The highest BCUT2D eigenvalue weighted by molar-refractivity contribution is 7.99. The van der Waals surface area contributed by atoms with Gasteiger partial charge in [0.05, 0.1) is 0 Å². The third-order valence-corrected chi connectivity index (χ3v) is 1.89. The van der Waals surface area contributed by atoms with Crippen molar-refractivity contribution in [1.29, 1.82) is 0 Å². The zero-order valence-electron chi connectivity index (χ0n) is 6.53. The maximum atomic E-state index is 5.33. The molecule has 0 atom stereocenters. The van der Waals surface area contributed by atoms with Gasteiger partial charge in [0.2, 0.25) is 11.1 Å². The number of H-pyrrole nitrogens is 1. The summed E-state index contributed by atoms with van der Waals surface area (Å²) >= 11 is 1.51. The van der Waals surface area contributed by atoms with Gasteiger partial charge in [-0.15, -0.1) is 5.10 Å². The van der Waals surface area contributed by atoms with E-state index >= 15 is 0 Å². The molecule has 1 aromatic heterocycles. The highest BCUT2D eigenvalue weighted by Crippen LogP contribution is 2.12. The first-order valence-corrected chi connectivity index (χ1v) is 4.47. The van der Waals surface area contributed by atoms with E-state index in [2.05, 4.69) is 15.2 Å². The molecule has 5 N–H and O–H groups in total. The molecule has 0 aromatic carbocycles. The van der Waals surface area contributed by atoms with Crippen LogP contribution in [0.5, 0.6) is 0 Å². The van der Waals surface area contributed by atoms with Crippen LogP contribution < -0.4 is 11.5 Å². The summed E-state index contributed by atoms with van der Waals surface area (Å²) in [5.41, 5.74) is 10.6. The summed E-state index contributed by atoms with van der Waals surface area (Å²) in [5, 5.41) is 7.07. The molecule has 0 unspecified atom stereocenters. The van der Waals surface area contributed by atoms with Gasteiger partial charge in [-0.05, 0) is 0 Å². The van der Waals surface area contributed by atoms with Gasteiger partial charge < -0.3 is 11.5 Å². The third kappa shape index (κ3) is 2.93. The lowest BCUT2D eigenvalue weighted by molar-refractivity contribution is 0.975. The number of anilines is 1. The molecule has 0 amide bonds. The van der Waals surface area contributed by atoms with Crippen molar-refractivity contribution in [3.8, 4) is 0 Å². The van der Waals surface area contributed by atoms with E-state index in [1.165, 1.54) is 11.8 Å². The molecule has 0 bridgehead atoms. The molecule has 12 heavy (non-hydrogen) atoms. The van der Waals surface area contributed by atoms with Crippen LogP contribution >= 0.6 is 11.8 Å². The number of nitrogen functional groups attached to an aromatic ring is 1. The first-order chi connectivity index (χ1) is 5.83. The Morgan fingerprint density at radius 3 is 2.92 bits per heavy atom. The van der Waals surface area contributed by atoms with Crippen LogP contribution in [0.2, 0.25) is 0 Å². The Labute approximate surface area is 74.6 Å². The first kappa shape index (κ1) is 9.08. The fourth-order valence-electron chi connectivity index (χ4n) is 0.610. The number of aromatic nitrogens is 3. The zero-order chi connectivity index (χ0) is 8.81. The third-order valence-electron chi connectivity index (χ3n) is 1.09. The Balaban J connectivity index is 2.28. The highest BCUT2D eigenvalue weighted by atomic mass is 32.2. The first-order valence-electron chi connectivity index (χ1n) is 3.48. The number of aromatic amines is 1. The van der Waals surface area contributed by atoms with Crippen LogP contribution in [-0.4, -0.2) is 27.5 Å². The van der Waals surface area contributed by atoms with Gasteiger partial charge in [0.15, 0.2) is 0 Å².